The molecule has 0 bridgehead atoms. The first kappa shape index (κ1) is 13.0. The standard InChI is InChI=1S/C11H15BrN2O2/c1-11(2,6-12)7-14-10(16)8-3-4-13-5-9(8)15/h3-5,15H,6-7H2,1-2H3,(H,14,16). The molecule has 1 rings (SSSR count). The van der Waals surface area contributed by atoms with E-state index in [2.05, 4.69) is 26.2 Å². The fourth-order valence-electron chi connectivity index (χ4n) is 1.04. The van der Waals surface area contributed by atoms with Gasteiger partial charge in [0.2, 0.25) is 0 Å². The molecule has 0 aliphatic rings. The molecule has 2 N–H and O–H groups in total. The van der Waals surface area contributed by atoms with Crippen molar-refractivity contribution in [3.8, 4) is 5.75 Å². The van der Waals surface area contributed by atoms with E-state index in [1.807, 2.05) is 13.8 Å². The molecule has 0 aliphatic carbocycles. The lowest BCUT2D eigenvalue weighted by Gasteiger charge is -2.21. The Morgan fingerprint density at radius 2 is 2.31 bits per heavy atom. The van der Waals surface area contributed by atoms with Crippen LogP contribution in [0.4, 0.5) is 0 Å². The van der Waals surface area contributed by atoms with Gasteiger partial charge >= 0.3 is 0 Å². The van der Waals surface area contributed by atoms with Gasteiger partial charge in [0.1, 0.15) is 5.75 Å². The van der Waals surface area contributed by atoms with Crippen LogP contribution in [0.3, 0.4) is 0 Å². The third-order valence-corrected chi connectivity index (χ3v) is 3.65. The van der Waals surface area contributed by atoms with E-state index in [4.69, 9.17) is 0 Å². The fourth-order valence-corrected chi connectivity index (χ4v) is 1.24. The quantitative estimate of drug-likeness (QED) is 0.832. The molecule has 0 atom stereocenters. The summed E-state index contributed by atoms with van der Waals surface area (Å²) in [4.78, 5) is 15.4. The van der Waals surface area contributed by atoms with Crippen LogP contribution in [0, 0.1) is 5.41 Å². The molecule has 5 heteroatoms. The second-order valence-electron chi connectivity index (χ2n) is 4.37. The Bertz CT molecular complexity index is 380. The highest BCUT2D eigenvalue weighted by molar-refractivity contribution is 9.09. The Balaban J connectivity index is 2.64. The first-order valence-electron chi connectivity index (χ1n) is 4.93. The number of hydrogen-bond donors (Lipinski definition) is 2. The molecule has 16 heavy (non-hydrogen) atoms. The minimum Gasteiger partial charge on any atom is -0.505 e. The number of amides is 1. The molecule has 1 aromatic heterocycles. The lowest BCUT2D eigenvalue weighted by atomic mass is 9.97. The van der Waals surface area contributed by atoms with Crippen LogP contribution in [0.25, 0.3) is 0 Å². The predicted molar refractivity (Wildman–Crippen MR) is 65.8 cm³/mol. The van der Waals surface area contributed by atoms with Crippen LogP contribution in [0.15, 0.2) is 18.5 Å². The first-order chi connectivity index (χ1) is 7.46. The summed E-state index contributed by atoms with van der Waals surface area (Å²) in [6.07, 6.45) is 2.73. The van der Waals surface area contributed by atoms with E-state index >= 15 is 0 Å². The summed E-state index contributed by atoms with van der Waals surface area (Å²) in [7, 11) is 0. The van der Waals surface area contributed by atoms with E-state index in [0.29, 0.717) is 6.54 Å². The molecule has 0 saturated heterocycles. The van der Waals surface area contributed by atoms with Crippen molar-refractivity contribution < 1.29 is 9.90 Å². The minimum atomic E-state index is -0.283. The van der Waals surface area contributed by atoms with Crippen LogP contribution >= 0.6 is 15.9 Å². The smallest absolute Gasteiger partial charge is 0.255 e. The molecule has 1 amide bonds. The van der Waals surface area contributed by atoms with Crippen LogP contribution < -0.4 is 5.32 Å². The number of aromatic nitrogens is 1. The Morgan fingerprint density at radius 1 is 1.62 bits per heavy atom. The Kier molecular flexibility index (Phi) is 4.29. The van der Waals surface area contributed by atoms with Crippen LogP contribution in [0.1, 0.15) is 24.2 Å². The van der Waals surface area contributed by atoms with E-state index in [9.17, 15) is 9.90 Å². The Hall–Kier alpha value is -1.10. The van der Waals surface area contributed by atoms with E-state index in [1.165, 1.54) is 18.5 Å². The number of hydrogen-bond acceptors (Lipinski definition) is 3. The maximum absolute atomic E-state index is 11.7. The number of nitrogens with one attached hydrogen (secondary N) is 1. The Labute approximate surface area is 103 Å². The normalized spacial score (nSPS) is 11.2. The summed E-state index contributed by atoms with van der Waals surface area (Å²) >= 11 is 3.38. The van der Waals surface area contributed by atoms with E-state index in [0.717, 1.165) is 5.33 Å². The van der Waals surface area contributed by atoms with Gasteiger partial charge in [0.05, 0.1) is 11.8 Å². The molecule has 1 heterocycles. The highest BCUT2D eigenvalue weighted by Gasteiger charge is 2.18. The number of nitrogens with zero attached hydrogens (tertiary/aromatic N) is 1. The molecule has 0 saturated carbocycles. The van der Waals surface area contributed by atoms with Crippen molar-refractivity contribution >= 4 is 21.8 Å². The third kappa shape index (κ3) is 3.48. The van der Waals surface area contributed by atoms with Gasteiger partial charge in [-0.1, -0.05) is 29.8 Å². The lowest BCUT2D eigenvalue weighted by Crippen LogP contribution is -2.34. The van der Waals surface area contributed by atoms with E-state index in [-0.39, 0.29) is 22.6 Å². The van der Waals surface area contributed by atoms with Gasteiger partial charge in [-0.2, -0.15) is 0 Å². The highest BCUT2D eigenvalue weighted by atomic mass is 79.9. The van der Waals surface area contributed by atoms with Gasteiger partial charge in [-0.05, 0) is 11.5 Å². The maximum Gasteiger partial charge on any atom is 0.255 e. The van der Waals surface area contributed by atoms with Crippen molar-refractivity contribution in [1.82, 2.24) is 10.3 Å². The zero-order chi connectivity index (χ0) is 12.2. The van der Waals surface area contributed by atoms with E-state index < -0.39 is 0 Å². The summed E-state index contributed by atoms with van der Waals surface area (Å²) in [5.74, 6) is -0.384. The second-order valence-corrected chi connectivity index (χ2v) is 4.93. The van der Waals surface area contributed by atoms with Gasteiger partial charge in [-0.15, -0.1) is 0 Å². The highest BCUT2D eigenvalue weighted by Crippen LogP contribution is 2.18. The number of carbonyl (C=O) groups excluding carboxylic acids is 1. The van der Waals surface area contributed by atoms with Crippen LogP contribution in [0.2, 0.25) is 0 Å². The Morgan fingerprint density at radius 3 is 2.88 bits per heavy atom. The largest absolute Gasteiger partial charge is 0.505 e. The molecule has 88 valence electrons. The molecule has 0 spiro atoms. The molecule has 0 radical (unpaired) electrons. The maximum atomic E-state index is 11.7. The average Bonchev–Trinajstić information content (AvgIpc) is 2.27. The summed E-state index contributed by atoms with van der Waals surface area (Å²) < 4.78 is 0. The zero-order valence-electron chi connectivity index (χ0n) is 9.33. The SMILES string of the molecule is CC(C)(CBr)CNC(=O)c1ccncc1O. The minimum absolute atomic E-state index is 0.0156. The number of carbonyl (C=O) groups is 1. The number of pyridine rings is 1. The lowest BCUT2D eigenvalue weighted by molar-refractivity contribution is 0.0937. The predicted octanol–water partition coefficient (Wildman–Crippen LogP) is 1.94. The molecule has 1 aromatic rings. The van der Waals surface area contributed by atoms with Gasteiger partial charge < -0.3 is 10.4 Å². The van der Waals surface area contributed by atoms with Gasteiger partial charge in [0, 0.05) is 18.1 Å². The second kappa shape index (κ2) is 5.30. The van der Waals surface area contributed by atoms with Crippen molar-refractivity contribution in [2.45, 2.75) is 13.8 Å². The zero-order valence-corrected chi connectivity index (χ0v) is 10.9. The molecule has 0 unspecified atom stereocenters. The molecular weight excluding hydrogens is 272 g/mol. The van der Waals surface area contributed by atoms with E-state index in [1.54, 1.807) is 0 Å². The van der Waals surface area contributed by atoms with Crippen molar-refractivity contribution in [3.63, 3.8) is 0 Å². The van der Waals surface area contributed by atoms with Crippen molar-refractivity contribution in [3.05, 3.63) is 24.0 Å². The molecular formula is C11H15BrN2O2. The number of aromatic hydroxyl groups is 1. The number of halogens is 1. The van der Waals surface area contributed by atoms with Gasteiger partial charge in [0.25, 0.3) is 5.91 Å². The van der Waals surface area contributed by atoms with Crippen LogP contribution in [0.5, 0.6) is 5.75 Å². The van der Waals surface area contributed by atoms with Gasteiger partial charge in [-0.25, -0.2) is 0 Å². The summed E-state index contributed by atoms with van der Waals surface area (Å²) in [5.41, 5.74) is 0.235. The molecule has 0 fully saturated rings. The van der Waals surface area contributed by atoms with Crippen LogP contribution in [-0.2, 0) is 0 Å². The molecule has 4 nitrogen and oxygen atoms in total. The number of alkyl halides is 1. The van der Waals surface area contributed by atoms with Crippen LogP contribution in [-0.4, -0.2) is 27.9 Å². The van der Waals surface area contributed by atoms with Gasteiger partial charge in [-0.3, -0.25) is 9.78 Å². The number of rotatable bonds is 4. The first-order valence-corrected chi connectivity index (χ1v) is 6.05. The fraction of sp³-hybridized carbons (Fsp3) is 0.455. The van der Waals surface area contributed by atoms with Crippen molar-refractivity contribution in [2.75, 3.05) is 11.9 Å². The van der Waals surface area contributed by atoms with Crippen molar-refractivity contribution in [2.24, 2.45) is 5.41 Å². The summed E-state index contributed by atoms with van der Waals surface area (Å²) in [6.45, 7) is 4.61. The monoisotopic (exact) mass is 286 g/mol. The summed E-state index contributed by atoms with van der Waals surface area (Å²) in [6, 6.07) is 1.49. The van der Waals surface area contributed by atoms with Gasteiger partial charge in [0.15, 0.2) is 0 Å². The van der Waals surface area contributed by atoms with Crippen molar-refractivity contribution in [1.29, 1.82) is 0 Å². The topological polar surface area (TPSA) is 62.2 Å². The molecule has 0 aliphatic heterocycles. The molecule has 0 aromatic carbocycles. The summed E-state index contributed by atoms with van der Waals surface area (Å²) in [5, 5.41) is 13.0. The third-order valence-electron chi connectivity index (χ3n) is 2.13. The average molecular weight is 287 g/mol.